The standard InChI is InChI=1S/C9H7F13O2/c10-4(11,3-24-2-1-23)5(12,13)6(14,15)7(16,17)8(18,19)9(20,21)22/h23H,1-3H2. The third-order valence-corrected chi connectivity index (χ3v) is 2.52. The first-order valence-corrected chi connectivity index (χ1v) is 5.45. The monoisotopic (exact) mass is 394 g/mol. The van der Waals surface area contributed by atoms with Gasteiger partial charge >= 0.3 is 35.8 Å². The molecule has 0 aliphatic carbocycles. The highest BCUT2D eigenvalue weighted by Gasteiger charge is 2.90. The van der Waals surface area contributed by atoms with Crippen molar-refractivity contribution in [3.8, 4) is 0 Å². The van der Waals surface area contributed by atoms with Gasteiger partial charge in [-0.25, -0.2) is 0 Å². The predicted octanol–water partition coefficient (Wildman–Crippen LogP) is 3.73. The molecule has 15 heteroatoms. The molecule has 0 rings (SSSR count). The summed E-state index contributed by atoms with van der Waals surface area (Å²) in [5.41, 5.74) is 0. The van der Waals surface area contributed by atoms with Crippen LogP contribution in [0.5, 0.6) is 0 Å². The van der Waals surface area contributed by atoms with Crippen molar-refractivity contribution in [1.82, 2.24) is 0 Å². The van der Waals surface area contributed by atoms with Crippen LogP contribution in [0.4, 0.5) is 57.1 Å². The van der Waals surface area contributed by atoms with Gasteiger partial charge in [0.05, 0.1) is 13.2 Å². The van der Waals surface area contributed by atoms with Crippen LogP contribution >= 0.6 is 0 Å². The Morgan fingerprint density at radius 1 is 0.583 bits per heavy atom. The molecule has 0 heterocycles. The fourth-order valence-electron chi connectivity index (χ4n) is 1.16. The Morgan fingerprint density at radius 3 is 1.29 bits per heavy atom. The highest BCUT2D eigenvalue weighted by Crippen LogP contribution is 2.60. The van der Waals surface area contributed by atoms with Crippen molar-refractivity contribution in [2.45, 2.75) is 35.8 Å². The number of hydrogen-bond acceptors (Lipinski definition) is 2. The molecule has 1 N–H and O–H groups in total. The third-order valence-electron chi connectivity index (χ3n) is 2.52. The second kappa shape index (κ2) is 6.38. The molecule has 2 nitrogen and oxygen atoms in total. The Labute approximate surface area is 124 Å². The highest BCUT2D eigenvalue weighted by atomic mass is 19.4. The van der Waals surface area contributed by atoms with Gasteiger partial charge in [-0.05, 0) is 0 Å². The van der Waals surface area contributed by atoms with E-state index in [2.05, 4.69) is 4.74 Å². The van der Waals surface area contributed by atoms with Crippen molar-refractivity contribution < 1.29 is 66.9 Å². The molecule has 0 aromatic heterocycles. The average molecular weight is 394 g/mol. The zero-order chi connectivity index (χ0) is 19.8. The zero-order valence-corrected chi connectivity index (χ0v) is 10.9. The Hall–Kier alpha value is -0.990. The number of aliphatic hydroxyl groups excluding tert-OH is 1. The van der Waals surface area contributed by atoms with Crippen LogP contribution in [-0.2, 0) is 4.74 Å². The topological polar surface area (TPSA) is 29.5 Å². The molecular weight excluding hydrogens is 387 g/mol. The number of rotatable bonds is 8. The molecule has 0 fully saturated rings. The molecule has 146 valence electrons. The maximum absolute atomic E-state index is 13.0. The van der Waals surface area contributed by atoms with Crippen LogP contribution in [0.3, 0.4) is 0 Å². The van der Waals surface area contributed by atoms with E-state index in [0.717, 1.165) is 0 Å². The summed E-state index contributed by atoms with van der Waals surface area (Å²) in [6, 6.07) is 0. The van der Waals surface area contributed by atoms with E-state index in [1.807, 2.05) is 0 Å². The molecule has 0 unspecified atom stereocenters. The number of ether oxygens (including phenoxy) is 1. The fourth-order valence-corrected chi connectivity index (χ4v) is 1.16. The lowest BCUT2D eigenvalue weighted by Crippen LogP contribution is -2.70. The summed E-state index contributed by atoms with van der Waals surface area (Å²) in [6.07, 6.45) is -7.43. The van der Waals surface area contributed by atoms with Crippen LogP contribution in [0, 0.1) is 0 Å². The summed E-state index contributed by atoms with van der Waals surface area (Å²) >= 11 is 0. The Morgan fingerprint density at radius 2 is 0.958 bits per heavy atom. The largest absolute Gasteiger partial charge is 0.460 e. The Balaban J connectivity index is 5.92. The number of halogens is 13. The van der Waals surface area contributed by atoms with Gasteiger partial charge in [0.1, 0.15) is 6.61 Å². The van der Waals surface area contributed by atoms with Gasteiger partial charge in [-0.2, -0.15) is 57.1 Å². The summed E-state index contributed by atoms with van der Waals surface area (Å²) < 4.78 is 167. The first-order chi connectivity index (χ1) is 10.3. The van der Waals surface area contributed by atoms with E-state index in [1.54, 1.807) is 0 Å². The van der Waals surface area contributed by atoms with Crippen LogP contribution in [0.1, 0.15) is 0 Å². The molecule has 0 aromatic rings. The van der Waals surface area contributed by atoms with Crippen molar-refractivity contribution in [1.29, 1.82) is 0 Å². The molecule has 0 amide bonds. The van der Waals surface area contributed by atoms with Crippen LogP contribution in [0.2, 0.25) is 0 Å². The van der Waals surface area contributed by atoms with Crippen LogP contribution in [-0.4, -0.2) is 60.7 Å². The van der Waals surface area contributed by atoms with Crippen LogP contribution < -0.4 is 0 Å². The van der Waals surface area contributed by atoms with E-state index >= 15 is 0 Å². The van der Waals surface area contributed by atoms with Crippen molar-refractivity contribution in [2.75, 3.05) is 19.8 Å². The van der Waals surface area contributed by atoms with Crippen molar-refractivity contribution >= 4 is 0 Å². The highest BCUT2D eigenvalue weighted by molar-refractivity contribution is 5.10. The summed E-state index contributed by atoms with van der Waals surface area (Å²) in [4.78, 5) is 0. The van der Waals surface area contributed by atoms with Crippen molar-refractivity contribution in [3.05, 3.63) is 0 Å². The molecule has 0 radical (unpaired) electrons. The minimum atomic E-state index is -7.91. The summed E-state index contributed by atoms with van der Waals surface area (Å²) in [5, 5.41) is 8.10. The zero-order valence-electron chi connectivity index (χ0n) is 10.9. The smallest absolute Gasteiger partial charge is 0.394 e. The molecule has 0 saturated heterocycles. The van der Waals surface area contributed by atoms with E-state index in [1.165, 1.54) is 0 Å². The first-order valence-electron chi connectivity index (χ1n) is 5.45. The van der Waals surface area contributed by atoms with Crippen LogP contribution in [0.25, 0.3) is 0 Å². The second-order valence-electron chi connectivity index (χ2n) is 4.28. The average Bonchev–Trinajstić information content (AvgIpc) is 2.36. The normalized spacial score (nSPS) is 15.8. The van der Waals surface area contributed by atoms with Gasteiger partial charge in [0.15, 0.2) is 0 Å². The summed E-state index contributed by atoms with van der Waals surface area (Å²) in [6.45, 7) is -5.02. The Kier molecular flexibility index (Phi) is 6.12. The molecule has 0 bridgehead atoms. The second-order valence-corrected chi connectivity index (χ2v) is 4.28. The van der Waals surface area contributed by atoms with E-state index in [0.29, 0.717) is 0 Å². The number of alkyl halides is 13. The van der Waals surface area contributed by atoms with Crippen LogP contribution in [0.15, 0.2) is 0 Å². The number of hydrogen-bond donors (Lipinski definition) is 1. The lowest BCUT2D eigenvalue weighted by Gasteiger charge is -2.39. The van der Waals surface area contributed by atoms with E-state index < -0.39 is 55.6 Å². The maximum atomic E-state index is 13.0. The van der Waals surface area contributed by atoms with Gasteiger partial charge in [-0.3, -0.25) is 0 Å². The molecule has 0 atom stereocenters. The van der Waals surface area contributed by atoms with E-state index in [-0.39, 0.29) is 0 Å². The van der Waals surface area contributed by atoms with Gasteiger partial charge in [0.2, 0.25) is 0 Å². The summed E-state index contributed by atoms with van der Waals surface area (Å²) in [5.74, 6) is -37.1. The maximum Gasteiger partial charge on any atom is 0.460 e. The molecule has 0 aliphatic rings. The van der Waals surface area contributed by atoms with Gasteiger partial charge in [0.25, 0.3) is 0 Å². The third kappa shape index (κ3) is 3.36. The Bertz CT molecular complexity index is 428. The van der Waals surface area contributed by atoms with E-state index in [4.69, 9.17) is 5.11 Å². The van der Waals surface area contributed by atoms with Crippen molar-refractivity contribution in [3.63, 3.8) is 0 Å². The molecular formula is C9H7F13O2. The van der Waals surface area contributed by atoms with E-state index in [9.17, 15) is 57.1 Å². The minimum Gasteiger partial charge on any atom is -0.394 e. The lowest BCUT2D eigenvalue weighted by molar-refractivity contribution is -0.441. The molecule has 0 aromatic carbocycles. The van der Waals surface area contributed by atoms with Crippen molar-refractivity contribution in [2.24, 2.45) is 0 Å². The predicted molar refractivity (Wildman–Crippen MR) is 48.7 cm³/mol. The lowest BCUT2D eigenvalue weighted by atomic mass is 9.94. The molecule has 24 heavy (non-hydrogen) atoms. The number of aliphatic hydroxyl groups is 1. The van der Waals surface area contributed by atoms with Gasteiger partial charge in [-0.15, -0.1) is 0 Å². The van der Waals surface area contributed by atoms with Gasteiger partial charge in [0, 0.05) is 0 Å². The van der Waals surface area contributed by atoms with Gasteiger partial charge in [-0.1, -0.05) is 0 Å². The fraction of sp³-hybridized carbons (Fsp3) is 1.00. The first kappa shape index (κ1) is 23.0. The quantitative estimate of drug-likeness (QED) is 0.502. The summed E-state index contributed by atoms with van der Waals surface area (Å²) in [7, 11) is 0. The SMILES string of the molecule is OCCOCC(F)(F)C(F)(F)C(F)(F)C(F)(F)C(F)(F)C(F)(F)F. The minimum absolute atomic E-state index is 1.10. The molecule has 0 saturated carbocycles. The van der Waals surface area contributed by atoms with Gasteiger partial charge < -0.3 is 9.84 Å². The molecule has 0 aliphatic heterocycles. The molecule has 0 spiro atoms.